The maximum absolute atomic E-state index is 11.4. The van der Waals surface area contributed by atoms with Crippen molar-refractivity contribution in [3.8, 4) is 0 Å². The fourth-order valence-electron chi connectivity index (χ4n) is 2.87. The second-order valence-electron chi connectivity index (χ2n) is 5.67. The van der Waals surface area contributed by atoms with Crippen molar-refractivity contribution < 1.29 is 9.84 Å². The fourth-order valence-corrected chi connectivity index (χ4v) is 2.87. The third-order valence-electron chi connectivity index (χ3n) is 4.39. The maximum Gasteiger partial charge on any atom is 0.314 e. The van der Waals surface area contributed by atoms with Crippen LogP contribution in [0.2, 0.25) is 0 Å². The van der Waals surface area contributed by atoms with Gasteiger partial charge in [-0.3, -0.25) is 9.59 Å². The number of methoxy groups -OCH3 is 1. The van der Waals surface area contributed by atoms with Gasteiger partial charge in [-0.05, 0) is 37.0 Å². The number of ether oxygens (including phenoxy) is 1. The van der Waals surface area contributed by atoms with Crippen LogP contribution in [0.15, 0.2) is 27.8 Å². The molecule has 1 heterocycles. The molecule has 0 saturated heterocycles. The Morgan fingerprint density at radius 3 is 2.48 bits per heavy atom. The molecule has 6 heteroatoms. The van der Waals surface area contributed by atoms with E-state index in [2.05, 4.69) is 9.97 Å². The molecule has 1 aliphatic rings. The number of aromatic nitrogens is 2. The van der Waals surface area contributed by atoms with Gasteiger partial charge in [-0.1, -0.05) is 6.07 Å². The average molecular weight is 290 g/mol. The van der Waals surface area contributed by atoms with E-state index in [9.17, 15) is 14.7 Å². The Morgan fingerprint density at radius 1 is 1.24 bits per heavy atom. The summed E-state index contributed by atoms with van der Waals surface area (Å²) in [7, 11) is 1.68. The van der Waals surface area contributed by atoms with E-state index >= 15 is 0 Å². The highest BCUT2D eigenvalue weighted by Gasteiger charge is 2.39. The Kier molecular flexibility index (Phi) is 3.43. The Morgan fingerprint density at radius 2 is 1.90 bits per heavy atom. The van der Waals surface area contributed by atoms with Gasteiger partial charge in [0.2, 0.25) is 0 Å². The molecule has 0 amide bonds. The molecule has 2 aromatic rings. The van der Waals surface area contributed by atoms with Crippen molar-refractivity contribution in [3.05, 3.63) is 44.5 Å². The topological polar surface area (TPSA) is 95.2 Å². The number of nitrogens with one attached hydrogen (secondary N) is 2. The van der Waals surface area contributed by atoms with Gasteiger partial charge >= 0.3 is 11.1 Å². The molecule has 1 fully saturated rings. The molecule has 112 valence electrons. The van der Waals surface area contributed by atoms with E-state index < -0.39 is 17.2 Å². The van der Waals surface area contributed by atoms with Gasteiger partial charge in [-0.2, -0.15) is 0 Å². The van der Waals surface area contributed by atoms with E-state index in [1.807, 2.05) is 0 Å². The lowest BCUT2D eigenvalue weighted by Gasteiger charge is -2.41. The van der Waals surface area contributed by atoms with Crippen molar-refractivity contribution in [1.29, 1.82) is 0 Å². The zero-order valence-electron chi connectivity index (χ0n) is 11.8. The zero-order valence-corrected chi connectivity index (χ0v) is 11.8. The predicted molar refractivity (Wildman–Crippen MR) is 78.4 cm³/mol. The summed E-state index contributed by atoms with van der Waals surface area (Å²) < 4.78 is 5.52. The van der Waals surface area contributed by atoms with Gasteiger partial charge in [0.05, 0.1) is 22.7 Å². The van der Waals surface area contributed by atoms with E-state index in [1.165, 1.54) is 0 Å². The molecular weight excluding hydrogens is 272 g/mol. The lowest BCUT2D eigenvalue weighted by molar-refractivity contribution is -0.0999. The largest absolute Gasteiger partial charge is 0.388 e. The zero-order chi connectivity index (χ0) is 15.0. The molecule has 1 aromatic carbocycles. The third-order valence-corrected chi connectivity index (χ3v) is 4.39. The molecule has 1 aliphatic carbocycles. The summed E-state index contributed by atoms with van der Waals surface area (Å²) in [5.41, 5.74) is 0.155. The highest BCUT2D eigenvalue weighted by atomic mass is 16.5. The summed E-state index contributed by atoms with van der Waals surface area (Å²) in [5.74, 6) is 0. The van der Waals surface area contributed by atoms with Crippen molar-refractivity contribution in [2.24, 2.45) is 0 Å². The van der Waals surface area contributed by atoms with Gasteiger partial charge in [-0.25, -0.2) is 0 Å². The van der Waals surface area contributed by atoms with E-state index in [1.54, 1.807) is 25.3 Å². The van der Waals surface area contributed by atoms with Gasteiger partial charge in [0, 0.05) is 13.5 Å². The number of aliphatic hydroxyl groups is 1. The first-order valence-electron chi connectivity index (χ1n) is 7.02. The monoisotopic (exact) mass is 290 g/mol. The molecule has 21 heavy (non-hydrogen) atoms. The van der Waals surface area contributed by atoms with E-state index in [0.717, 1.165) is 19.3 Å². The van der Waals surface area contributed by atoms with Gasteiger partial charge in [0.25, 0.3) is 0 Å². The Bertz CT molecular complexity index is 768. The van der Waals surface area contributed by atoms with E-state index in [4.69, 9.17) is 4.74 Å². The van der Waals surface area contributed by atoms with Crippen LogP contribution < -0.4 is 11.1 Å². The number of rotatable bonds is 4. The molecular formula is C15H18N2O4. The highest BCUT2D eigenvalue weighted by Crippen LogP contribution is 2.41. The molecule has 3 N–H and O–H groups in total. The van der Waals surface area contributed by atoms with Crippen LogP contribution in [0.25, 0.3) is 11.0 Å². The van der Waals surface area contributed by atoms with Crippen molar-refractivity contribution in [2.75, 3.05) is 7.11 Å². The first-order chi connectivity index (χ1) is 10.0. The molecule has 1 atom stereocenters. The molecule has 1 unspecified atom stereocenters. The SMILES string of the molecule is COC1(CC(O)c2ccc3[nH]c(=O)c(=O)[nH]c3c2)CCC1. The molecule has 1 saturated carbocycles. The summed E-state index contributed by atoms with van der Waals surface area (Å²) in [5, 5.41) is 10.4. The van der Waals surface area contributed by atoms with Crippen LogP contribution in [0.4, 0.5) is 0 Å². The molecule has 1 aromatic heterocycles. The summed E-state index contributed by atoms with van der Waals surface area (Å²) in [4.78, 5) is 27.6. The van der Waals surface area contributed by atoms with Crippen LogP contribution >= 0.6 is 0 Å². The standard InChI is InChI=1S/C15H18N2O4/c1-21-15(5-2-6-15)8-12(18)9-3-4-10-11(7-9)17-14(20)13(19)16-10/h3-4,7,12,18H,2,5-6,8H2,1H3,(H,16,19)(H,17,20). The second kappa shape index (κ2) is 5.13. The smallest absolute Gasteiger partial charge is 0.314 e. The van der Waals surface area contributed by atoms with Crippen molar-refractivity contribution in [1.82, 2.24) is 9.97 Å². The number of H-pyrrole nitrogens is 2. The number of aliphatic hydroxyl groups excluding tert-OH is 1. The minimum Gasteiger partial charge on any atom is -0.388 e. The van der Waals surface area contributed by atoms with Crippen molar-refractivity contribution in [3.63, 3.8) is 0 Å². The van der Waals surface area contributed by atoms with Crippen molar-refractivity contribution in [2.45, 2.75) is 37.4 Å². The predicted octanol–water partition coefficient (Wildman–Crippen LogP) is 1.21. The second-order valence-corrected chi connectivity index (χ2v) is 5.67. The minimum atomic E-state index is -0.693. The van der Waals surface area contributed by atoms with Gasteiger partial charge in [-0.15, -0.1) is 0 Å². The number of benzene rings is 1. The summed E-state index contributed by atoms with van der Waals surface area (Å²) >= 11 is 0. The Balaban J connectivity index is 1.91. The number of aromatic amines is 2. The normalized spacial score (nSPS) is 18.4. The van der Waals surface area contributed by atoms with Crippen LogP contribution in [0.1, 0.15) is 37.4 Å². The molecule has 0 radical (unpaired) electrons. The Labute approximate surface area is 120 Å². The van der Waals surface area contributed by atoms with E-state index in [0.29, 0.717) is 23.0 Å². The molecule has 0 spiro atoms. The van der Waals surface area contributed by atoms with Crippen LogP contribution in [0.3, 0.4) is 0 Å². The first kappa shape index (κ1) is 14.0. The fraction of sp³-hybridized carbons (Fsp3) is 0.467. The summed E-state index contributed by atoms with van der Waals surface area (Å²) in [6, 6.07) is 5.13. The molecule has 0 bridgehead atoms. The average Bonchev–Trinajstić information content (AvgIpc) is 2.43. The number of hydrogen-bond acceptors (Lipinski definition) is 4. The number of fused-ring (bicyclic) bond motifs is 1. The maximum atomic E-state index is 11.4. The minimum absolute atomic E-state index is 0.229. The van der Waals surface area contributed by atoms with Crippen LogP contribution in [0, 0.1) is 0 Å². The first-order valence-corrected chi connectivity index (χ1v) is 7.02. The number of hydrogen-bond donors (Lipinski definition) is 3. The molecule has 3 rings (SSSR count). The highest BCUT2D eigenvalue weighted by molar-refractivity contribution is 5.74. The van der Waals surface area contributed by atoms with Crippen LogP contribution in [-0.2, 0) is 4.74 Å². The van der Waals surface area contributed by atoms with Gasteiger partial charge in [0.1, 0.15) is 0 Å². The third kappa shape index (κ3) is 2.52. The van der Waals surface area contributed by atoms with Gasteiger partial charge < -0.3 is 19.8 Å². The lowest BCUT2D eigenvalue weighted by atomic mass is 9.75. The lowest BCUT2D eigenvalue weighted by Crippen LogP contribution is -2.40. The van der Waals surface area contributed by atoms with E-state index in [-0.39, 0.29) is 5.60 Å². The summed E-state index contributed by atoms with van der Waals surface area (Å²) in [6.45, 7) is 0. The molecule has 6 nitrogen and oxygen atoms in total. The van der Waals surface area contributed by atoms with Gasteiger partial charge in [0.15, 0.2) is 0 Å². The Hall–Kier alpha value is -1.92. The van der Waals surface area contributed by atoms with Crippen LogP contribution in [-0.4, -0.2) is 27.8 Å². The quantitative estimate of drug-likeness (QED) is 0.738. The summed E-state index contributed by atoms with van der Waals surface area (Å²) in [6.07, 6.45) is 2.90. The molecule has 0 aliphatic heterocycles. The van der Waals surface area contributed by atoms with Crippen molar-refractivity contribution >= 4 is 11.0 Å². The van der Waals surface area contributed by atoms with Crippen LogP contribution in [0.5, 0.6) is 0 Å².